The fourth-order valence-electron chi connectivity index (χ4n) is 3.30. The Balaban J connectivity index is 0.000000445. The maximum atomic E-state index is 3.30. The van der Waals surface area contributed by atoms with Crippen molar-refractivity contribution in [1.29, 1.82) is 0 Å². The van der Waals surface area contributed by atoms with Gasteiger partial charge in [-0.05, 0) is 6.42 Å². The van der Waals surface area contributed by atoms with E-state index in [2.05, 4.69) is 98.9 Å². The van der Waals surface area contributed by atoms with E-state index in [9.17, 15) is 0 Å². The van der Waals surface area contributed by atoms with E-state index in [-0.39, 0.29) is 51.0 Å². The molecular weight excluding hydrogens is 462 g/mol. The van der Waals surface area contributed by atoms with Crippen LogP contribution in [-0.2, 0) is 32.6 Å². The van der Waals surface area contributed by atoms with Crippen LogP contribution >= 0.6 is 0 Å². The van der Waals surface area contributed by atoms with Crippen LogP contribution in [-0.4, -0.2) is 0 Å². The predicted molar refractivity (Wildman–Crippen MR) is 109 cm³/mol. The molecule has 0 amide bonds. The van der Waals surface area contributed by atoms with Crippen molar-refractivity contribution in [1.82, 2.24) is 0 Å². The molecule has 5 rings (SSSR count). The summed E-state index contributed by atoms with van der Waals surface area (Å²) < 4.78 is 0. The molecule has 3 heteroatoms. The number of rotatable bonds is 0. The zero-order valence-electron chi connectivity index (χ0n) is 15.9. The molecule has 0 unspecified atom stereocenters. The van der Waals surface area contributed by atoms with Crippen LogP contribution in [0, 0.1) is 13.0 Å². The first kappa shape index (κ1) is 26.5. The molecule has 0 aliphatic heterocycles. The fraction of sp³-hybridized carbons (Fsp3) is 0.0800. The average Bonchev–Trinajstić information content (AvgIpc) is 3.23. The Hall–Kier alpha value is -1.53. The smallest absolute Gasteiger partial charge is 1.00 e. The average molecular weight is 485 g/mol. The summed E-state index contributed by atoms with van der Waals surface area (Å²) in [7, 11) is 0. The van der Waals surface area contributed by atoms with Gasteiger partial charge in [-0.3, -0.25) is 0 Å². The molecule has 0 aromatic heterocycles. The fourth-order valence-corrected chi connectivity index (χ4v) is 3.30. The monoisotopic (exact) mass is 482 g/mol. The largest absolute Gasteiger partial charge is 4.00 e. The molecule has 0 saturated heterocycles. The molecule has 1 aliphatic carbocycles. The summed E-state index contributed by atoms with van der Waals surface area (Å²) in [6.07, 6.45) is 1.05. The van der Waals surface area contributed by atoms with E-state index in [1.807, 2.05) is 6.07 Å². The van der Waals surface area contributed by atoms with Crippen molar-refractivity contribution in [2.24, 2.45) is 0 Å². The number of halogens is 2. The van der Waals surface area contributed by atoms with Crippen LogP contribution in [0.2, 0.25) is 0 Å². The second-order valence-corrected chi connectivity index (χ2v) is 6.06. The molecule has 0 radical (unpaired) electrons. The van der Waals surface area contributed by atoms with Crippen LogP contribution in [0.3, 0.4) is 0 Å². The topological polar surface area (TPSA) is 0 Å². The second kappa shape index (κ2) is 12.8. The van der Waals surface area contributed by atoms with Crippen molar-refractivity contribution in [2.45, 2.75) is 13.3 Å². The molecule has 1 aliphatic rings. The summed E-state index contributed by atoms with van der Waals surface area (Å²) in [4.78, 5) is 0. The van der Waals surface area contributed by atoms with Gasteiger partial charge in [0, 0.05) is 0 Å². The van der Waals surface area contributed by atoms with Gasteiger partial charge in [-0.25, -0.2) is 0 Å². The van der Waals surface area contributed by atoms with Crippen LogP contribution in [0.1, 0.15) is 16.7 Å². The van der Waals surface area contributed by atoms with Gasteiger partial charge in [0.05, 0.1) is 0 Å². The van der Waals surface area contributed by atoms with E-state index < -0.39 is 0 Å². The first-order chi connectivity index (χ1) is 12.3. The number of fused-ring (bicyclic) bond motifs is 4. The molecule has 4 aromatic carbocycles. The minimum Gasteiger partial charge on any atom is -1.00 e. The van der Waals surface area contributed by atoms with E-state index in [0.717, 1.165) is 6.42 Å². The van der Waals surface area contributed by atoms with Gasteiger partial charge in [0.1, 0.15) is 0 Å². The molecule has 0 heterocycles. The van der Waals surface area contributed by atoms with Crippen molar-refractivity contribution >= 4 is 10.8 Å². The van der Waals surface area contributed by atoms with Crippen LogP contribution in [0.4, 0.5) is 0 Å². The van der Waals surface area contributed by atoms with Crippen molar-refractivity contribution < 1.29 is 51.0 Å². The number of hydrogen-bond donors (Lipinski definition) is 0. The van der Waals surface area contributed by atoms with Gasteiger partial charge >= 0.3 is 26.2 Å². The summed E-state index contributed by atoms with van der Waals surface area (Å²) >= 11 is 0. The SMILES string of the molecule is C=C.Cc1cc2ccccc2[cH-]1.[Cl-].[Cl-].[Zr+4].[c-]1cccc2c1Cc1ccccc1-2. The van der Waals surface area contributed by atoms with Crippen LogP contribution in [0.25, 0.3) is 21.9 Å². The molecule has 0 bridgehead atoms. The molecule has 0 saturated carbocycles. The van der Waals surface area contributed by atoms with Crippen molar-refractivity contribution in [3.05, 3.63) is 115 Å². The van der Waals surface area contributed by atoms with E-state index in [4.69, 9.17) is 0 Å². The Morgan fingerprint density at radius 2 is 1.50 bits per heavy atom. The predicted octanol–water partition coefficient (Wildman–Crippen LogP) is 0.733. The Morgan fingerprint density at radius 1 is 0.857 bits per heavy atom. The van der Waals surface area contributed by atoms with Gasteiger partial charge < -0.3 is 24.8 Å². The summed E-state index contributed by atoms with van der Waals surface area (Å²) in [5.74, 6) is 0. The van der Waals surface area contributed by atoms with Crippen molar-refractivity contribution in [3.63, 3.8) is 0 Å². The normalized spacial score (nSPS) is 9.61. The van der Waals surface area contributed by atoms with E-state index in [1.165, 1.54) is 38.6 Å². The summed E-state index contributed by atoms with van der Waals surface area (Å²) in [5, 5.41) is 2.69. The maximum Gasteiger partial charge on any atom is 4.00 e. The molecule has 0 nitrogen and oxygen atoms in total. The number of benzene rings is 3. The number of hydrogen-bond acceptors (Lipinski definition) is 0. The zero-order chi connectivity index (χ0) is 17.6. The quantitative estimate of drug-likeness (QED) is 0.225. The maximum absolute atomic E-state index is 3.30. The third kappa shape index (κ3) is 5.98. The third-order valence-corrected chi connectivity index (χ3v) is 4.38. The van der Waals surface area contributed by atoms with E-state index in [0.29, 0.717) is 0 Å². The first-order valence-corrected chi connectivity index (χ1v) is 8.51. The molecule has 28 heavy (non-hydrogen) atoms. The standard InChI is InChI=1S/C13H9.C10H9.C2H4.2ClH.Zr/c1-3-7-12-10(5-1)9-11-6-2-4-8-13(11)12;1-8-6-9-4-2-3-5-10(9)7-8;1-2;;;/h1-5,7-8H,9H2;2-7H,1H3;1-2H2;2*1H;/q2*-1;;;;+4/p-2. The summed E-state index contributed by atoms with van der Waals surface area (Å²) in [6.45, 7) is 8.12. The van der Waals surface area contributed by atoms with Gasteiger partial charge in [-0.15, -0.1) is 59.3 Å². The van der Waals surface area contributed by atoms with Crippen LogP contribution in [0.15, 0.2) is 92.0 Å². The Kier molecular flexibility index (Phi) is 12.1. The van der Waals surface area contributed by atoms with Gasteiger partial charge in [-0.2, -0.15) is 35.9 Å². The number of aryl methyl sites for hydroxylation is 1. The molecule has 0 spiro atoms. The Bertz CT molecular complexity index is 912. The van der Waals surface area contributed by atoms with Crippen molar-refractivity contribution in [3.8, 4) is 11.1 Å². The van der Waals surface area contributed by atoms with Crippen LogP contribution in [0.5, 0.6) is 0 Å². The third-order valence-electron chi connectivity index (χ3n) is 4.38. The molecule has 0 fully saturated rings. The van der Waals surface area contributed by atoms with Crippen LogP contribution < -0.4 is 24.8 Å². The molecule has 140 valence electrons. The zero-order valence-corrected chi connectivity index (χ0v) is 19.9. The Morgan fingerprint density at radius 3 is 2.25 bits per heavy atom. The Labute approximate surface area is 200 Å². The first-order valence-electron chi connectivity index (χ1n) is 8.51. The molecule has 0 atom stereocenters. The molecular formula is C25H22Cl2Zr. The second-order valence-electron chi connectivity index (χ2n) is 6.06. The minimum absolute atomic E-state index is 0. The van der Waals surface area contributed by atoms with Gasteiger partial charge in [-0.1, -0.05) is 48.4 Å². The van der Waals surface area contributed by atoms with E-state index in [1.54, 1.807) is 0 Å². The summed E-state index contributed by atoms with van der Waals surface area (Å²) in [5.41, 5.74) is 6.86. The minimum atomic E-state index is 0. The molecule has 0 N–H and O–H groups in total. The molecule has 4 aromatic rings. The van der Waals surface area contributed by atoms with Crippen molar-refractivity contribution in [2.75, 3.05) is 0 Å². The van der Waals surface area contributed by atoms with Gasteiger partial charge in [0.2, 0.25) is 0 Å². The van der Waals surface area contributed by atoms with Gasteiger partial charge in [0.15, 0.2) is 0 Å². The van der Waals surface area contributed by atoms with E-state index >= 15 is 0 Å². The van der Waals surface area contributed by atoms with Gasteiger partial charge in [0.25, 0.3) is 0 Å². The summed E-state index contributed by atoms with van der Waals surface area (Å²) in [6, 6.07) is 30.9.